The van der Waals surface area contributed by atoms with Gasteiger partial charge in [0.25, 0.3) is 0 Å². The first kappa shape index (κ1) is 23.5. The maximum Gasteiger partial charge on any atom is 0.142 e. The molecule has 4 aliphatic carbocycles. The second kappa shape index (κ2) is 8.00. The van der Waals surface area contributed by atoms with Gasteiger partial charge in [0.2, 0.25) is 0 Å². The summed E-state index contributed by atoms with van der Waals surface area (Å²) in [6, 6.07) is 0. The summed E-state index contributed by atoms with van der Waals surface area (Å²) in [6.45, 7) is 16.3. The van der Waals surface area contributed by atoms with E-state index in [0.29, 0.717) is 41.8 Å². The molecule has 4 aliphatic rings. The van der Waals surface area contributed by atoms with E-state index in [4.69, 9.17) is 0 Å². The molecule has 0 spiro atoms. The molecular weight excluding hydrogens is 380 g/mol. The summed E-state index contributed by atoms with van der Waals surface area (Å²) in [5.74, 6) is 4.40. The maximum absolute atomic E-state index is 12.7. The normalized spacial score (nSPS) is 45.0. The topological polar surface area (TPSA) is 37.3 Å². The number of ketones is 1. The summed E-state index contributed by atoms with van der Waals surface area (Å²) in [7, 11) is 0. The van der Waals surface area contributed by atoms with Crippen LogP contribution in [0.4, 0.5) is 0 Å². The molecule has 0 amide bonds. The van der Waals surface area contributed by atoms with E-state index in [1.165, 1.54) is 37.7 Å². The molecule has 0 heterocycles. The Balaban J connectivity index is 1.59. The van der Waals surface area contributed by atoms with E-state index in [9.17, 15) is 9.90 Å². The molecule has 0 aromatic heterocycles. The molecule has 0 aromatic carbocycles. The zero-order valence-electron chi connectivity index (χ0n) is 21.3. The molecule has 0 bridgehead atoms. The number of rotatable bonds is 5. The van der Waals surface area contributed by atoms with Crippen molar-refractivity contribution in [3.8, 4) is 0 Å². The summed E-state index contributed by atoms with van der Waals surface area (Å²) in [4.78, 5) is 12.7. The van der Waals surface area contributed by atoms with Gasteiger partial charge >= 0.3 is 0 Å². The van der Waals surface area contributed by atoms with Crippen LogP contribution in [0.15, 0.2) is 11.6 Å². The van der Waals surface area contributed by atoms with Crippen LogP contribution in [-0.2, 0) is 4.79 Å². The fourth-order valence-electron chi connectivity index (χ4n) is 9.20. The van der Waals surface area contributed by atoms with E-state index in [1.54, 1.807) is 0 Å². The minimum Gasteiger partial charge on any atom is -0.393 e. The van der Waals surface area contributed by atoms with Crippen LogP contribution < -0.4 is 0 Å². The molecule has 0 radical (unpaired) electrons. The smallest absolute Gasteiger partial charge is 0.142 e. The highest BCUT2D eigenvalue weighted by atomic mass is 16.3. The highest BCUT2D eigenvalue weighted by Crippen LogP contribution is 2.68. The van der Waals surface area contributed by atoms with Gasteiger partial charge in [-0.2, -0.15) is 0 Å². The van der Waals surface area contributed by atoms with Crippen molar-refractivity contribution in [2.45, 2.75) is 112 Å². The lowest BCUT2D eigenvalue weighted by atomic mass is 9.43. The minimum absolute atomic E-state index is 0.0696. The molecule has 3 saturated carbocycles. The Morgan fingerprint density at radius 2 is 1.77 bits per heavy atom. The van der Waals surface area contributed by atoms with Crippen LogP contribution in [-0.4, -0.2) is 17.0 Å². The molecule has 2 nitrogen and oxygen atoms in total. The Morgan fingerprint density at radius 3 is 2.45 bits per heavy atom. The highest BCUT2D eigenvalue weighted by molar-refractivity contribution is 5.89. The van der Waals surface area contributed by atoms with Gasteiger partial charge in [-0.3, -0.25) is 4.79 Å². The van der Waals surface area contributed by atoms with Crippen molar-refractivity contribution in [2.75, 3.05) is 0 Å². The second-order valence-corrected chi connectivity index (χ2v) is 13.3. The fourth-order valence-corrected chi connectivity index (χ4v) is 9.20. The van der Waals surface area contributed by atoms with Crippen LogP contribution in [0, 0.1) is 51.8 Å². The Morgan fingerprint density at radius 1 is 1.06 bits per heavy atom. The average molecular weight is 429 g/mol. The SMILES string of the molecule is CC(C)CCC[C@@H](C)[C@H]1CC[C@H]2[C@@H]3CC=C4C(C)(C)C(=O)CC[C@]4(C)[C@H]3C[C@@H](O)[C@]12C. The van der Waals surface area contributed by atoms with E-state index < -0.39 is 0 Å². The zero-order chi connectivity index (χ0) is 22.8. The molecule has 176 valence electrons. The van der Waals surface area contributed by atoms with Gasteiger partial charge in [0.1, 0.15) is 5.78 Å². The van der Waals surface area contributed by atoms with E-state index in [2.05, 4.69) is 54.5 Å². The Hall–Kier alpha value is -0.630. The third-order valence-electron chi connectivity index (χ3n) is 11.0. The number of fused-ring (bicyclic) bond motifs is 5. The quantitative estimate of drug-likeness (QED) is 0.470. The minimum atomic E-state index is -0.327. The van der Waals surface area contributed by atoms with E-state index in [0.717, 1.165) is 25.2 Å². The fraction of sp³-hybridized carbons (Fsp3) is 0.897. The predicted molar refractivity (Wildman–Crippen MR) is 129 cm³/mol. The number of aliphatic hydroxyl groups excluding tert-OH is 1. The van der Waals surface area contributed by atoms with E-state index >= 15 is 0 Å². The van der Waals surface area contributed by atoms with Crippen molar-refractivity contribution in [3.63, 3.8) is 0 Å². The predicted octanol–water partition coefficient (Wildman–Crippen LogP) is 7.20. The van der Waals surface area contributed by atoms with Crippen molar-refractivity contribution in [1.82, 2.24) is 0 Å². The summed E-state index contributed by atoms with van der Waals surface area (Å²) < 4.78 is 0. The van der Waals surface area contributed by atoms with Gasteiger partial charge in [0, 0.05) is 11.8 Å². The van der Waals surface area contributed by atoms with Crippen molar-refractivity contribution < 1.29 is 9.90 Å². The number of carbonyl (C=O) groups is 1. The zero-order valence-corrected chi connectivity index (χ0v) is 21.3. The average Bonchev–Trinajstić information content (AvgIpc) is 3.05. The molecule has 0 unspecified atom stereocenters. The Bertz CT molecular complexity index is 733. The lowest BCUT2D eigenvalue weighted by Crippen LogP contribution is -2.58. The number of aliphatic hydroxyl groups is 1. The second-order valence-electron chi connectivity index (χ2n) is 13.3. The summed E-state index contributed by atoms with van der Waals surface area (Å²) in [5.41, 5.74) is 1.22. The van der Waals surface area contributed by atoms with Gasteiger partial charge in [0.15, 0.2) is 0 Å². The molecule has 0 aliphatic heterocycles. The number of Topliss-reactive ketones (excluding diaryl/α,β-unsaturated/α-hetero) is 1. The summed E-state index contributed by atoms with van der Waals surface area (Å²) >= 11 is 0. The molecule has 8 atom stereocenters. The summed E-state index contributed by atoms with van der Waals surface area (Å²) in [5, 5.41) is 11.7. The lowest BCUT2D eigenvalue weighted by molar-refractivity contribution is -0.145. The van der Waals surface area contributed by atoms with Gasteiger partial charge in [-0.05, 0) is 92.3 Å². The van der Waals surface area contributed by atoms with Gasteiger partial charge in [-0.15, -0.1) is 0 Å². The van der Waals surface area contributed by atoms with Crippen LogP contribution in [0.2, 0.25) is 0 Å². The molecule has 4 rings (SSSR count). The molecule has 2 heteroatoms. The Kier molecular flexibility index (Phi) is 6.07. The van der Waals surface area contributed by atoms with Gasteiger partial charge in [0.05, 0.1) is 6.10 Å². The molecule has 0 saturated heterocycles. The van der Waals surface area contributed by atoms with Crippen LogP contribution in [0.1, 0.15) is 106 Å². The first-order valence-corrected chi connectivity index (χ1v) is 13.4. The van der Waals surface area contributed by atoms with E-state index in [-0.39, 0.29) is 22.3 Å². The number of hydrogen-bond acceptors (Lipinski definition) is 2. The molecule has 1 N–H and O–H groups in total. The Labute approximate surface area is 191 Å². The van der Waals surface area contributed by atoms with Gasteiger partial charge in [-0.25, -0.2) is 0 Å². The molecule has 31 heavy (non-hydrogen) atoms. The summed E-state index contributed by atoms with van der Waals surface area (Å²) in [6.07, 6.45) is 12.6. The molecule has 3 fully saturated rings. The van der Waals surface area contributed by atoms with Crippen LogP contribution in [0.25, 0.3) is 0 Å². The van der Waals surface area contributed by atoms with E-state index in [1.807, 2.05) is 0 Å². The number of allylic oxidation sites excluding steroid dienone is 2. The van der Waals surface area contributed by atoms with Gasteiger partial charge in [-0.1, -0.05) is 65.5 Å². The standard InChI is InChI=1S/C29H48O2/c1-18(2)9-8-10-19(3)21-12-13-22-20-11-14-24-27(4,5)25(30)15-16-28(24,6)23(20)17-26(31)29(21,22)7/h14,18-23,26,31H,8-13,15-17H2,1-7H3/t19-,20+,21-,22+,23+,26-,28-,29-/m1/s1. The van der Waals surface area contributed by atoms with Crippen LogP contribution >= 0.6 is 0 Å². The maximum atomic E-state index is 12.7. The van der Waals surface area contributed by atoms with Crippen molar-refractivity contribution in [3.05, 3.63) is 11.6 Å². The molecule has 0 aromatic rings. The highest BCUT2D eigenvalue weighted by Gasteiger charge is 2.64. The largest absolute Gasteiger partial charge is 0.393 e. The monoisotopic (exact) mass is 428 g/mol. The number of hydrogen-bond donors (Lipinski definition) is 1. The lowest BCUT2D eigenvalue weighted by Gasteiger charge is -2.61. The molecular formula is C29H48O2. The van der Waals surface area contributed by atoms with Gasteiger partial charge < -0.3 is 5.11 Å². The number of carbonyl (C=O) groups excluding carboxylic acids is 1. The van der Waals surface area contributed by atoms with Crippen LogP contribution in [0.3, 0.4) is 0 Å². The van der Waals surface area contributed by atoms with Crippen molar-refractivity contribution in [2.24, 2.45) is 51.8 Å². The third kappa shape index (κ3) is 3.49. The van der Waals surface area contributed by atoms with Crippen molar-refractivity contribution >= 4 is 5.78 Å². The third-order valence-corrected chi connectivity index (χ3v) is 11.0. The van der Waals surface area contributed by atoms with Crippen LogP contribution in [0.5, 0.6) is 0 Å². The van der Waals surface area contributed by atoms with Crippen molar-refractivity contribution in [1.29, 1.82) is 0 Å². The first-order valence-electron chi connectivity index (χ1n) is 13.4. The first-order chi connectivity index (χ1) is 14.4.